The van der Waals surface area contributed by atoms with Crippen molar-refractivity contribution < 1.29 is 0 Å². The molecule has 4 heteroatoms. The predicted octanol–water partition coefficient (Wildman–Crippen LogP) is 5.61. The van der Waals surface area contributed by atoms with Crippen molar-refractivity contribution in [3.8, 4) is 0 Å². The highest BCUT2D eigenvalue weighted by atomic mass is 79.9. The zero-order chi connectivity index (χ0) is 13.8. The zero-order valence-electron chi connectivity index (χ0n) is 10.5. The van der Waals surface area contributed by atoms with Crippen molar-refractivity contribution in [2.24, 2.45) is 0 Å². The van der Waals surface area contributed by atoms with Crippen LogP contribution < -0.4 is 5.32 Å². The summed E-state index contributed by atoms with van der Waals surface area (Å²) in [6.45, 7) is 2.92. The van der Waals surface area contributed by atoms with Gasteiger partial charge in [0.2, 0.25) is 0 Å². The molecular formula is C15H14BrCl2N. The Bertz CT molecular complexity index is 555. The quantitative estimate of drug-likeness (QED) is 0.749. The molecule has 0 aliphatic carbocycles. The Morgan fingerprint density at radius 1 is 1.11 bits per heavy atom. The Labute approximate surface area is 132 Å². The lowest BCUT2D eigenvalue weighted by atomic mass is 10.1. The van der Waals surface area contributed by atoms with E-state index in [9.17, 15) is 0 Å². The van der Waals surface area contributed by atoms with Gasteiger partial charge in [-0.3, -0.25) is 0 Å². The van der Waals surface area contributed by atoms with Crippen LogP contribution >= 0.6 is 39.1 Å². The molecule has 0 heterocycles. The van der Waals surface area contributed by atoms with Gasteiger partial charge in [0.15, 0.2) is 0 Å². The Morgan fingerprint density at radius 2 is 1.79 bits per heavy atom. The molecule has 1 atom stereocenters. The number of hydrogen-bond donors (Lipinski definition) is 1. The van der Waals surface area contributed by atoms with Gasteiger partial charge in [-0.25, -0.2) is 0 Å². The number of benzene rings is 2. The number of hydrogen-bond acceptors (Lipinski definition) is 1. The maximum absolute atomic E-state index is 5.97. The minimum Gasteiger partial charge on any atom is -0.306 e. The van der Waals surface area contributed by atoms with E-state index in [-0.39, 0.29) is 6.04 Å². The molecule has 100 valence electrons. The van der Waals surface area contributed by atoms with E-state index in [1.54, 1.807) is 0 Å². The standard InChI is InChI=1S/C15H14BrCl2N/c1-10(12-3-5-13(17)6-4-12)19-9-11-2-7-15(18)14(16)8-11/h2-8,10,19H,9H2,1H3. The van der Waals surface area contributed by atoms with Crippen LogP contribution in [0.2, 0.25) is 10.0 Å². The van der Waals surface area contributed by atoms with E-state index >= 15 is 0 Å². The predicted molar refractivity (Wildman–Crippen MR) is 85.9 cm³/mol. The molecule has 1 unspecified atom stereocenters. The third-order valence-electron chi connectivity index (χ3n) is 2.97. The van der Waals surface area contributed by atoms with Crippen molar-refractivity contribution in [1.82, 2.24) is 5.32 Å². The fourth-order valence-corrected chi connectivity index (χ4v) is 2.46. The molecule has 0 aliphatic heterocycles. The maximum atomic E-state index is 5.97. The van der Waals surface area contributed by atoms with Crippen LogP contribution in [-0.4, -0.2) is 0 Å². The van der Waals surface area contributed by atoms with Crippen molar-refractivity contribution in [2.45, 2.75) is 19.5 Å². The first-order chi connectivity index (χ1) is 9.06. The van der Waals surface area contributed by atoms with E-state index in [1.807, 2.05) is 42.5 Å². The summed E-state index contributed by atoms with van der Waals surface area (Å²) in [6.07, 6.45) is 0. The van der Waals surface area contributed by atoms with E-state index < -0.39 is 0 Å². The molecule has 0 fully saturated rings. The first kappa shape index (κ1) is 14.9. The molecule has 0 aromatic heterocycles. The number of nitrogens with one attached hydrogen (secondary N) is 1. The third-order valence-corrected chi connectivity index (χ3v) is 4.43. The van der Waals surface area contributed by atoms with Gasteiger partial charge in [0.1, 0.15) is 0 Å². The Morgan fingerprint density at radius 3 is 2.42 bits per heavy atom. The summed E-state index contributed by atoms with van der Waals surface area (Å²) in [5, 5.41) is 4.97. The molecule has 0 amide bonds. The van der Waals surface area contributed by atoms with Crippen LogP contribution in [0.4, 0.5) is 0 Å². The summed E-state index contributed by atoms with van der Waals surface area (Å²) in [4.78, 5) is 0. The van der Waals surface area contributed by atoms with Crippen molar-refractivity contribution in [3.63, 3.8) is 0 Å². The molecule has 19 heavy (non-hydrogen) atoms. The second-order valence-electron chi connectivity index (χ2n) is 4.40. The summed E-state index contributed by atoms with van der Waals surface area (Å²) in [6, 6.07) is 14.1. The summed E-state index contributed by atoms with van der Waals surface area (Å²) in [7, 11) is 0. The average molecular weight is 359 g/mol. The van der Waals surface area contributed by atoms with E-state index in [4.69, 9.17) is 23.2 Å². The fourth-order valence-electron chi connectivity index (χ4n) is 1.79. The lowest BCUT2D eigenvalue weighted by molar-refractivity contribution is 0.574. The third kappa shape index (κ3) is 4.22. The summed E-state index contributed by atoms with van der Waals surface area (Å²) in [5.74, 6) is 0. The van der Waals surface area contributed by atoms with Crippen molar-refractivity contribution in [1.29, 1.82) is 0 Å². The van der Waals surface area contributed by atoms with Crippen LogP contribution in [-0.2, 0) is 6.54 Å². The van der Waals surface area contributed by atoms with Crippen molar-refractivity contribution in [2.75, 3.05) is 0 Å². The average Bonchev–Trinajstić information content (AvgIpc) is 2.40. The van der Waals surface area contributed by atoms with Gasteiger partial charge in [0.25, 0.3) is 0 Å². The highest BCUT2D eigenvalue weighted by Gasteiger charge is 2.05. The van der Waals surface area contributed by atoms with Gasteiger partial charge in [0.05, 0.1) is 5.02 Å². The van der Waals surface area contributed by atoms with Gasteiger partial charge in [-0.15, -0.1) is 0 Å². The Balaban J connectivity index is 1.98. The molecule has 1 nitrogen and oxygen atoms in total. The van der Waals surface area contributed by atoms with Crippen LogP contribution in [0.5, 0.6) is 0 Å². The molecule has 0 saturated heterocycles. The van der Waals surface area contributed by atoms with Gasteiger partial charge in [-0.2, -0.15) is 0 Å². The molecule has 0 radical (unpaired) electrons. The van der Waals surface area contributed by atoms with Crippen LogP contribution in [0.1, 0.15) is 24.1 Å². The lowest BCUT2D eigenvalue weighted by Gasteiger charge is -2.14. The summed E-state index contributed by atoms with van der Waals surface area (Å²) < 4.78 is 0.924. The van der Waals surface area contributed by atoms with Gasteiger partial charge in [-0.1, -0.05) is 41.4 Å². The van der Waals surface area contributed by atoms with Gasteiger partial charge in [-0.05, 0) is 58.2 Å². The summed E-state index contributed by atoms with van der Waals surface area (Å²) in [5.41, 5.74) is 2.41. The molecule has 0 saturated carbocycles. The zero-order valence-corrected chi connectivity index (χ0v) is 13.6. The molecule has 2 aromatic rings. The second kappa shape index (κ2) is 6.76. The first-order valence-electron chi connectivity index (χ1n) is 5.99. The number of rotatable bonds is 4. The molecule has 2 rings (SSSR count). The van der Waals surface area contributed by atoms with E-state index in [2.05, 4.69) is 28.2 Å². The molecule has 0 bridgehead atoms. The number of halogens is 3. The first-order valence-corrected chi connectivity index (χ1v) is 7.54. The smallest absolute Gasteiger partial charge is 0.0548 e. The largest absolute Gasteiger partial charge is 0.306 e. The van der Waals surface area contributed by atoms with Crippen LogP contribution in [0.3, 0.4) is 0 Å². The minimum absolute atomic E-state index is 0.270. The Hall–Kier alpha value is -0.540. The maximum Gasteiger partial charge on any atom is 0.0548 e. The van der Waals surface area contributed by atoms with Crippen LogP contribution in [0, 0.1) is 0 Å². The second-order valence-corrected chi connectivity index (χ2v) is 6.10. The molecule has 1 N–H and O–H groups in total. The highest BCUT2D eigenvalue weighted by Crippen LogP contribution is 2.23. The monoisotopic (exact) mass is 357 g/mol. The van der Waals surface area contributed by atoms with E-state index in [0.717, 1.165) is 21.1 Å². The van der Waals surface area contributed by atoms with Gasteiger partial charge >= 0.3 is 0 Å². The van der Waals surface area contributed by atoms with Crippen molar-refractivity contribution in [3.05, 3.63) is 68.1 Å². The van der Waals surface area contributed by atoms with Crippen LogP contribution in [0.15, 0.2) is 46.9 Å². The molecule has 0 aliphatic rings. The lowest BCUT2D eigenvalue weighted by Crippen LogP contribution is -2.17. The molecule has 0 spiro atoms. The molecular weight excluding hydrogens is 345 g/mol. The minimum atomic E-state index is 0.270. The van der Waals surface area contributed by atoms with Gasteiger partial charge < -0.3 is 5.32 Å². The fraction of sp³-hybridized carbons (Fsp3) is 0.200. The highest BCUT2D eigenvalue weighted by molar-refractivity contribution is 9.10. The molecule has 2 aromatic carbocycles. The SMILES string of the molecule is CC(NCc1ccc(Cl)c(Br)c1)c1ccc(Cl)cc1. The van der Waals surface area contributed by atoms with Crippen molar-refractivity contribution >= 4 is 39.1 Å². The van der Waals surface area contributed by atoms with E-state index in [0.29, 0.717) is 0 Å². The van der Waals surface area contributed by atoms with Crippen LogP contribution in [0.25, 0.3) is 0 Å². The summed E-state index contributed by atoms with van der Waals surface area (Å²) >= 11 is 15.3. The topological polar surface area (TPSA) is 12.0 Å². The normalized spacial score (nSPS) is 12.4. The van der Waals surface area contributed by atoms with E-state index in [1.165, 1.54) is 11.1 Å². The van der Waals surface area contributed by atoms with Gasteiger partial charge in [0, 0.05) is 22.1 Å². The Kier molecular flexibility index (Phi) is 5.28.